The molecule has 0 heterocycles. The van der Waals surface area contributed by atoms with Crippen LogP contribution in [0.4, 0.5) is 0 Å². The Hall–Kier alpha value is -0.303. The highest BCUT2D eigenvalue weighted by Gasteiger charge is 2.36. The van der Waals surface area contributed by atoms with Crippen molar-refractivity contribution in [2.24, 2.45) is 0 Å². The van der Waals surface area contributed by atoms with Crippen molar-refractivity contribution < 1.29 is 9.53 Å². The lowest BCUT2D eigenvalue weighted by Crippen LogP contribution is -2.40. The topological polar surface area (TPSA) is 29.5 Å². The molecule has 0 aromatic rings. The Balaban J connectivity index is 4.05. The smallest absolute Gasteiger partial charge is 0.192 e. The Bertz CT molecular complexity index is 271. The van der Waals surface area contributed by atoms with Gasteiger partial charge in [0.2, 0.25) is 0 Å². The highest BCUT2D eigenvalue weighted by atomic mass is 28.4. The van der Waals surface area contributed by atoms with Crippen LogP contribution in [0.25, 0.3) is 0 Å². The normalized spacial score (nSPS) is 13.2. The van der Waals surface area contributed by atoms with Gasteiger partial charge in [0.1, 0.15) is 5.60 Å². The number of aliphatic hydroxyl groups is 1. The largest absolute Gasteiger partial charge is 0.416 e. The summed E-state index contributed by atoms with van der Waals surface area (Å²) in [4.78, 5) is 0. The van der Waals surface area contributed by atoms with Crippen LogP contribution in [0.2, 0.25) is 18.1 Å². The first-order valence-electron chi connectivity index (χ1n) is 5.82. The van der Waals surface area contributed by atoms with Gasteiger partial charge in [-0.1, -0.05) is 32.6 Å². The lowest BCUT2D eigenvalue weighted by atomic mass is 10.1. The Labute approximate surface area is 102 Å². The maximum absolute atomic E-state index is 9.40. The van der Waals surface area contributed by atoms with E-state index >= 15 is 0 Å². The van der Waals surface area contributed by atoms with E-state index in [0.29, 0.717) is 13.0 Å². The fraction of sp³-hybridized carbons (Fsp3) is 0.846. The lowest BCUT2D eigenvalue weighted by Gasteiger charge is -2.35. The van der Waals surface area contributed by atoms with Crippen molar-refractivity contribution in [1.82, 2.24) is 0 Å². The summed E-state index contributed by atoms with van der Waals surface area (Å²) in [5.41, 5.74) is -0.892. The SMILES string of the molecule is CC(C)(O)C#CCCO[Si](C)(C)C(C)(C)C. The van der Waals surface area contributed by atoms with Crippen molar-refractivity contribution >= 4 is 8.32 Å². The summed E-state index contributed by atoms with van der Waals surface area (Å²) in [5.74, 6) is 5.73. The second-order valence-corrected chi connectivity index (χ2v) is 11.0. The van der Waals surface area contributed by atoms with Crippen molar-refractivity contribution in [3.63, 3.8) is 0 Å². The van der Waals surface area contributed by atoms with Crippen LogP contribution in [0.1, 0.15) is 41.0 Å². The average molecular weight is 242 g/mol. The molecule has 0 fully saturated rings. The highest BCUT2D eigenvalue weighted by molar-refractivity contribution is 6.74. The molecule has 0 bridgehead atoms. The summed E-state index contributed by atoms with van der Waals surface area (Å²) < 4.78 is 5.96. The van der Waals surface area contributed by atoms with Gasteiger partial charge < -0.3 is 9.53 Å². The number of hydrogen-bond donors (Lipinski definition) is 1. The van der Waals surface area contributed by atoms with Gasteiger partial charge in [0, 0.05) is 13.0 Å². The summed E-state index contributed by atoms with van der Waals surface area (Å²) in [7, 11) is -1.63. The molecule has 0 radical (unpaired) electrons. The molecule has 2 nitrogen and oxygen atoms in total. The van der Waals surface area contributed by atoms with Crippen LogP contribution >= 0.6 is 0 Å². The molecule has 0 aromatic carbocycles. The third-order valence-electron chi connectivity index (χ3n) is 2.89. The Morgan fingerprint density at radius 2 is 1.62 bits per heavy atom. The van der Waals surface area contributed by atoms with E-state index in [2.05, 4.69) is 45.7 Å². The van der Waals surface area contributed by atoms with E-state index in [9.17, 15) is 5.11 Å². The summed E-state index contributed by atoms with van der Waals surface area (Å²) in [6.45, 7) is 15.2. The van der Waals surface area contributed by atoms with Gasteiger partial charge >= 0.3 is 0 Å². The Morgan fingerprint density at radius 3 is 2.00 bits per heavy atom. The van der Waals surface area contributed by atoms with E-state index < -0.39 is 13.9 Å². The fourth-order valence-electron chi connectivity index (χ4n) is 0.853. The molecule has 0 aliphatic carbocycles. The maximum Gasteiger partial charge on any atom is 0.192 e. The van der Waals surface area contributed by atoms with E-state index in [1.807, 2.05) is 0 Å². The first kappa shape index (κ1) is 15.7. The molecule has 1 N–H and O–H groups in total. The van der Waals surface area contributed by atoms with E-state index in [1.54, 1.807) is 13.8 Å². The maximum atomic E-state index is 9.40. The van der Waals surface area contributed by atoms with Crippen molar-refractivity contribution in [3.05, 3.63) is 0 Å². The van der Waals surface area contributed by atoms with Gasteiger partial charge in [-0.15, -0.1) is 0 Å². The summed E-state index contributed by atoms with van der Waals surface area (Å²) in [5, 5.41) is 9.65. The number of rotatable bonds is 3. The molecule has 0 saturated heterocycles. The molecule has 3 heteroatoms. The van der Waals surface area contributed by atoms with E-state index in [0.717, 1.165) is 0 Å². The number of hydrogen-bond acceptors (Lipinski definition) is 2. The van der Waals surface area contributed by atoms with Crippen LogP contribution in [-0.2, 0) is 4.43 Å². The summed E-state index contributed by atoms with van der Waals surface area (Å²) in [6.07, 6.45) is 0.691. The Morgan fingerprint density at radius 1 is 1.12 bits per heavy atom. The molecule has 0 saturated carbocycles. The predicted octanol–water partition coefficient (Wildman–Crippen LogP) is 3.17. The molecule has 0 unspecified atom stereocenters. The molecule has 0 atom stereocenters. The predicted molar refractivity (Wildman–Crippen MR) is 71.8 cm³/mol. The van der Waals surface area contributed by atoms with Gasteiger partial charge in [-0.3, -0.25) is 0 Å². The minimum Gasteiger partial charge on any atom is -0.416 e. The van der Waals surface area contributed by atoms with Crippen LogP contribution < -0.4 is 0 Å². The molecule has 0 rings (SSSR count). The average Bonchev–Trinajstić information content (AvgIpc) is 1.98. The lowest BCUT2D eigenvalue weighted by molar-refractivity contribution is 0.143. The van der Waals surface area contributed by atoms with Gasteiger partial charge in [0.05, 0.1) is 0 Å². The first-order valence-corrected chi connectivity index (χ1v) is 8.73. The molecule has 0 amide bonds. The zero-order valence-corrected chi connectivity index (χ0v) is 12.8. The zero-order chi connectivity index (χ0) is 13.0. The second kappa shape index (κ2) is 5.35. The minimum atomic E-state index is -1.63. The Kier molecular flexibility index (Phi) is 5.25. The van der Waals surface area contributed by atoms with Crippen LogP contribution in [0.5, 0.6) is 0 Å². The first-order chi connectivity index (χ1) is 6.96. The molecule has 0 aliphatic heterocycles. The molecule has 0 aliphatic rings. The standard InChI is InChI=1S/C13H26O2Si/c1-12(2,3)16(6,7)15-11-9-8-10-13(4,5)14/h14H,9,11H2,1-7H3. The molecular formula is C13H26O2Si. The van der Waals surface area contributed by atoms with Crippen LogP contribution in [0, 0.1) is 11.8 Å². The molecule has 0 spiro atoms. The van der Waals surface area contributed by atoms with Crippen molar-refractivity contribution in [2.45, 2.75) is 64.8 Å². The van der Waals surface area contributed by atoms with E-state index in [-0.39, 0.29) is 5.04 Å². The molecule has 0 aromatic heterocycles. The zero-order valence-electron chi connectivity index (χ0n) is 11.8. The van der Waals surface area contributed by atoms with Gasteiger partial charge in [-0.25, -0.2) is 0 Å². The van der Waals surface area contributed by atoms with Crippen molar-refractivity contribution in [3.8, 4) is 11.8 Å². The van der Waals surface area contributed by atoms with E-state index in [1.165, 1.54) is 0 Å². The second-order valence-electron chi connectivity index (χ2n) is 6.22. The van der Waals surface area contributed by atoms with Gasteiger partial charge in [0.15, 0.2) is 8.32 Å². The van der Waals surface area contributed by atoms with Gasteiger partial charge in [-0.05, 0) is 32.0 Å². The van der Waals surface area contributed by atoms with Crippen LogP contribution in [-0.4, -0.2) is 25.6 Å². The highest BCUT2D eigenvalue weighted by Crippen LogP contribution is 2.36. The monoisotopic (exact) mass is 242 g/mol. The molecular weight excluding hydrogens is 216 g/mol. The van der Waals surface area contributed by atoms with Crippen molar-refractivity contribution in [2.75, 3.05) is 6.61 Å². The third kappa shape index (κ3) is 6.32. The fourth-order valence-corrected chi connectivity index (χ4v) is 1.90. The molecule has 16 heavy (non-hydrogen) atoms. The third-order valence-corrected chi connectivity index (χ3v) is 7.43. The molecule has 94 valence electrons. The quantitative estimate of drug-likeness (QED) is 0.468. The summed E-state index contributed by atoms with van der Waals surface area (Å²) in [6, 6.07) is 0. The van der Waals surface area contributed by atoms with Crippen LogP contribution in [0.15, 0.2) is 0 Å². The van der Waals surface area contributed by atoms with Crippen LogP contribution in [0.3, 0.4) is 0 Å². The van der Waals surface area contributed by atoms with Gasteiger partial charge in [0.25, 0.3) is 0 Å². The summed E-state index contributed by atoms with van der Waals surface area (Å²) >= 11 is 0. The van der Waals surface area contributed by atoms with Gasteiger partial charge in [-0.2, -0.15) is 0 Å². The van der Waals surface area contributed by atoms with Crippen molar-refractivity contribution in [1.29, 1.82) is 0 Å². The minimum absolute atomic E-state index is 0.247. The van der Waals surface area contributed by atoms with E-state index in [4.69, 9.17) is 4.43 Å².